The van der Waals surface area contributed by atoms with Crippen LogP contribution in [0.15, 0.2) is 40.0 Å². The van der Waals surface area contributed by atoms with Crippen molar-refractivity contribution in [2.75, 3.05) is 39.3 Å². The number of hydrogen-bond acceptors (Lipinski definition) is 6. The van der Waals surface area contributed by atoms with Crippen LogP contribution in [0.1, 0.15) is 12.1 Å². The lowest BCUT2D eigenvalue weighted by atomic mass is 10.2. The quantitative estimate of drug-likeness (QED) is 0.368. The number of benzene rings is 1. The molecule has 0 amide bonds. The lowest BCUT2D eigenvalue weighted by Crippen LogP contribution is -2.44. The molecule has 1 atom stereocenters. The zero-order valence-corrected chi connectivity index (χ0v) is 18.1. The number of methoxy groups -OCH3 is 2. The topological polar surface area (TPSA) is 84.2 Å². The third kappa shape index (κ3) is 5.65. The molecule has 1 aromatic carbocycles. The highest BCUT2D eigenvalue weighted by molar-refractivity contribution is 14.0. The summed E-state index contributed by atoms with van der Waals surface area (Å²) in [6.45, 7) is 2.40. The zero-order valence-electron chi connectivity index (χ0n) is 15.8. The molecule has 2 aromatic rings. The van der Waals surface area contributed by atoms with Gasteiger partial charge in [-0.3, -0.25) is 4.99 Å². The molecule has 0 aliphatic carbocycles. The number of aliphatic imine (C=N–C) groups is 1. The highest BCUT2D eigenvalue weighted by atomic mass is 127. The Labute approximate surface area is 176 Å². The predicted molar refractivity (Wildman–Crippen MR) is 115 cm³/mol. The number of halogens is 1. The third-order valence-corrected chi connectivity index (χ3v) is 4.38. The van der Waals surface area contributed by atoms with Crippen LogP contribution in [-0.2, 0) is 6.54 Å². The summed E-state index contributed by atoms with van der Waals surface area (Å²) in [5.74, 6) is 2.34. The molecule has 148 valence electrons. The van der Waals surface area contributed by atoms with E-state index in [1.54, 1.807) is 27.5 Å². The van der Waals surface area contributed by atoms with Crippen LogP contribution >= 0.6 is 24.0 Å². The molecule has 1 fully saturated rings. The first-order chi connectivity index (χ1) is 12.7. The van der Waals surface area contributed by atoms with Gasteiger partial charge in [-0.1, -0.05) is 5.16 Å². The van der Waals surface area contributed by atoms with Gasteiger partial charge in [0.05, 0.1) is 20.8 Å². The van der Waals surface area contributed by atoms with Crippen molar-refractivity contribution in [1.82, 2.24) is 15.8 Å². The minimum absolute atomic E-state index is 0. The number of rotatable bonds is 6. The highest BCUT2D eigenvalue weighted by Crippen LogP contribution is 2.30. The van der Waals surface area contributed by atoms with Gasteiger partial charge in [-0.05, 0) is 6.42 Å². The molecule has 27 heavy (non-hydrogen) atoms. The van der Waals surface area contributed by atoms with E-state index in [-0.39, 0.29) is 24.0 Å². The Morgan fingerprint density at radius 1 is 1.30 bits per heavy atom. The third-order valence-electron chi connectivity index (χ3n) is 4.38. The van der Waals surface area contributed by atoms with E-state index in [2.05, 4.69) is 25.7 Å². The van der Waals surface area contributed by atoms with Crippen LogP contribution < -0.4 is 25.0 Å². The van der Waals surface area contributed by atoms with Gasteiger partial charge in [-0.25, -0.2) is 0 Å². The molecule has 1 aromatic heterocycles. The fourth-order valence-electron chi connectivity index (χ4n) is 2.98. The molecule has 2 N–H and O–H groups in total. The van der Waals surface area contributed by atoms with E-state index in [1.165, 1.54) is 0 Å². The van der Waals surface area contributed by atoms with Gasteiger partial charge in [0, 0.05) is 56.1 Å². The average molecular weight is 487 g/mol. The van der Waals surface area contributed by atoms with E-state index in [1.807, 2.05) is 24.3 Å². The fourth-order valence-corrected chi connectivity index (χ4v) is 2.98. The maximum absolute atomic E-state index is 5.37. The lowest BCUT2D eigenvalue weighted by Gasteiger charge is -2.21. The number of anilines is 1. The Morgan fingerprint density at radius 2 is 2.04 bits per heavy atom. The molecular formula is C18H26IN5O3. The molecule has 8 nitrogen and oxygen atoms in total. The van der Waals surface area contributed by atoms with Crippen molar-refractivity contribution >= 4 is 35.6 Å². The Bertz CT molecular complexity index is 716. The SMILES string of the molecule is CN=C(NCc1ccon1)NC1CCN(c2cc(OC)cc(OC)c2)C1.I. The zero-order chi connectivity index (χ0) is 18.4. The van der Waals surface area contributed by atoms with Gasteiger partial charge in [0.2, 0.25) is 0 Å². The molecule has 0 radical (unpaired) electrons. The predicted octanol–water partition coefficient (Wildman–Crippen LogP) is 2.25. The largest absolute Gasteiger partial charge is 0.497 e. The molecule has 1 aliphatic heterocycles. The first-order valence-electron chi connectivity index (χ1n) is 8.56. The molecule has 1 aliphatic rings. The Balaban J connectivity index is 0.00000261. The monoisotopic (exact) mass is 487 g/mol. The summed E-state index contributed by atoms with van der Waals surface area (Å²) in [5, 5.41) is 10.6. The molecule has 0 bridgehead atoms. The number of guanidine groups is 1. The summed E-state index contributed by atoms with van der Waals surface area (Å²) in [6.07, 6.45) is 2.58. The number of hydrogen-bond donors (Lipinski definition) is 2. The van der Waals surface area contributed by atoms with E-state index in [0.29, 0.717) is 12.6 Å². The Hall–Kier alpha value is -2.17. The first-order valence-corrected chi connectivity index (χ1v) is 8.56. The van der Waals surface area contributed by atoms with Crippen LogP contribution in [0.2, 0.25) is 0 Å². The van der Waals surface area contributed by atoms with E-state index in [0.717, 1.165) is 48.4 Å². The van der Waals surface area contributed by atoms with Gasteiger partial charge in [0.25, 0.3) is 0 Å². The van der Waals surface area contributed by atoms with Gasteiger partial charge in [-0.2, -0.15) is 0 Å². The second-order valence-electron chi connectivity index (χ2n) is 6.06. The van der Waals surface area contributed by atoms with Crippen molar-refractivity contribution in [3.63, 3.8) is 0 Å². The Kier molecular flexibility index (Phi) is 8.01. The lowest BCUT2D eigenvalue weighted by molar-refractivity contribution is 0.394. The van der Waals surface area contributed by atoms with Crippen LogP contribution in [-0.4, -0.2) is 51.5 Å². The van der Waals surface area contributed by atoms with Crippen LogP contribution in [0.4, 0.5) is 5.69 Å². The van der Waals surface area contributed by atoms with Crippen molar-refractivity contribution in [1.29, 1.82) is 0 Å². The van der Waals surface area contributed by atoms with E-state index in [9.17, 15) is 0 Å². The summed E-state index contributed by atoms with van der Waals surface area (Å²) < 4.78 is 15.6. The van der Waals surface area contributed by atoms with Crippen LogP contribution in [0, 0.1) is 0 Å². The van der Waals surface area contributed by atoms with E-state index in [4.69, 9.17) is 14.0 Å². The molecule has 0 saturated carbocycles. The van der Waals surface area contributed by atoms with E-state index >= 15 is 0 Å². The van der Waals surface area contributed by atoms with Gasteiger partial charge < -0.3 is 29.5 Å². The standard InChI is InChI=1S/C18H25N5O3.HI/c1-19-18(20-11-13-5-7-26-22-13)21-14-4-6-23(12-14)15-8-16(24-2)10-17(9-15)25-3;/h5,7-10,14H,4,6,11-12H2,1-3H3,(H2,19,20,21);1H. The number of nitrogens with zero attached hydrogens (tertiary/aromatic N) is 3. The van der Waals surface area contributed by atoms with Crippen molar-refractivity contribution in [3.8, 4) is 11.5 Å². The molecule has 0 spiro atoms. The van der Waals surface area contributed by atoms with Crippen molar-refractivity contribution in [2.24, 2.45) is 4.99 Å². The average Bonchev–Trinajstić information content (AvgIpc) is 3.36. The van der Waals surface area contributed by atoms with Gasteiger partial charge in [-0.15, -0.1) is 24.0 Å². The van der Waals surface area contributed by atoms with Crippen LogP contribution in [0.25, 0.3) is 0 Å². The number of nitrogens with one attached hydrogen (secondary N) is 2. The summed E-state index contributed by atoms with van der Waals surface area (Å²) >= 11 is 0. The highest BCUT2D eigenvalue weighted by Gasteiger charge is 2.24. The summed E-state index contributed by atoms with van der Waals surface area (Å²) in [6, 6.07) is 8.07. The maximum Gasteiger partial charge on any atom is 0.191 e. The first kappa shape index (κ1) is 21.1. The fraction of sp³-hybridized carbons (Fsp3) is 0.444. The summed E-state index contributed by atoms with van der Waals surface area (Å²) in [5.41, 5.74) is 1.93. The van der Waals surface area contributed by atoms with E-state index < -0.39 is 0 Å². The molecular weight excluding hydrogens is 461 g/mol. The minimum Gasteiger partial charge on any atom is -0.497 e. The van der Waals surface area contributed by atoms with Crippen molar-refractivity contribution in [2.45, 2.75) is 19.0 Å². The van der Waals surface area contributed by atoms with Gasteiger partial charge >= 0.3 is 0 Å². The van der Waals surface area contributed by atoms with Gasteiger partial charge in [0.15, 0.2) is 5.96 Å². The molecule has 3 rings (SSSR count). The summed E-state index contributed by atoms with van der Waals surface area (Å²) in [7, 11) is 5.09. The van der Waals surface area contributed by atoms with Crippen molar-refractivity contribution in [3.05, 3.63) is 36.2 Å². The molecule has 1 unspecified atom stereocenters. The Morgan fingerprint density at radius 3 is 2.63 bits per heavy atom. The number of aromatic nitrogens is 1. The number of ether oxygens (including phenoxy) is 2. The summed E-state index contributed by atoms with van der Waals surface area (Å²) in [4.78, 5) is 6.59. The van der Waals surface area contributed by atoms with Gasteiger partial charge in [0.1, 0.15) is 23.5 Å². The smallest absolute Gasteiger partial charge is 0.191 e. The maximum atomic E-state index is 5.37. The molecule has 9 heteroatoms. The second kappa shape index (κ2) is 10.2. The van der Waals surface area contributed by atoms with Crippen LogP contribution in [0.3, 0.4) is 0 Å². The van der Waals surface area contributed by atoms with Crippen molar-refractivity contribution < 1.29 is 14.0 Å². The second-order valence-corrected chi connectivity index (χ2v) is 6.06. The molecule has 1 saturated heterocycles. The normalized spacial score (nSPS) is 16.6. The molecule has 2 heterocycles. The minimum atomic E-state index is 0. The van der Waals surface area contributed by atoms with Crippen LogP contribution in [0.5, 0.6) is 11.5 Å².